The Morgan fingerprint density at radius 2 is 2.53 bits per heavy atom. The smallest absolute Gasteiger partial charge is 0.257 e. The Labute approximate surface area is 108 Å². The average Bonchev–Trinajstić information content (AvgIpc) is 2.47. The number of ether oxygens (including phenoxy) is 1. The molecule has 1 fully saturated rings. The molecule has 19 heavy (non-hydrogen) atoms. The topological polar surface area (TPSA) is 104 Å². The van der Waals surface area contributed by atoms with Crippen LogP contribution in [0.3, 0.4) is 0 Å². The summed E-state index contributed by atoms with van der Waals surface area (Å²) in [5.74, 6) is 3.58. The van der Waals surface area contributed by atoms with E-state index in [1.165, 1.54) is 17.2 Å². The molecule has 7 nitrogen and oxygen atoms in total. The van der Waals surface area contributed by atoms with Gasteiger partial charge in [-0.2, -0.15) is 5.26 Å². The van der Waals surface area contributed by atoms with Crippen LogP contribution in [0.1, 0.15) is 10.4 Å². The normalized spacial score (nSPS) is 18.8. The molecule has 0 spiro atoms. The van der Waals surface area contributed by atoms with Crippen LogP contribution in [-0.2, 0) is 4.74 Å². The van der Waals surface area contributed by atoms with Crippen LogP contribution in [0.4, 0.5) is 10.2 Å². The van der Waals surface area contributed by atoms with E-state index < -0.39 is 17.8 Å². The predicted molar refractivity (Wildman–Crippen MR) is 63.3 cm³/mol. The fourth-order valence-corrected chi connectivity index (χ4v) is 1.79. The minimum Gasteiger partial charge on any atom is -0.360 e. The first kappa shape index (κ1) is 13.2. The van der Waals surface area contributed by atoms with Gasteiger partial charge in [0, 0.05) is 12.7 Å². The maximum Gasteiger partial charge on any atom is 0.257 e. The second-order valence-corrected chi connectivity index (χ2v) is 3.91. The molecule has 0 aromatic carbocycles. The van der Waals surface area contributed by atoms with Crippen molar-refractivity contribution in [3.8, 4) is 6.07 Å². The fraction of sp³-hybridized carbons (Fsp3) is 0.364. The van der Waals surface area contributed by atoms with Gasteiger partial charge in [0.1, 0.15) is 0 Å². The number of morpholine rings is 1. The molecule has 2 heterocycles. The lowest BCUT2D eigenvalue weighted by Crippen LogP contribution is -2.45. The summed E-state index contributed by atoms with van der Waals surface area (Å²) in [6.45, 7) is 0.672. The highest BCUT2D eigenvalue weighted by molar-refractivity contribution is 5.95. The molecule has 1 unspecified atom stereocenters. The van der Waals surface area contributed by atoms with Crippen molar-refractivity contribution in [2.24, 2.45) is 5.84 Å². The minimum atomic E-state index is -0.810. The Balaban J connectivity index is 2.22. The molecular formula is C11H12FN5O2. The number of nitrogens with zero attached hydrogens (tertiary/aromatic N) is 3. The van der Waals surface area contributed by atoms with Crippen LogP contribution in [0.2, 0.25) is 0 Å². The number of hydrazine groups is 1. The second-order valence-electron chi connectivity index (χ2n) is 3.91. The number of hydrogen-bond acceptors (Lipinski definition) is 6. The summed E-state index contributed by atoms with van der Waals surface area (Å²) < 4.78 is 19.0. The van der Waals surface area contributed by atoms with Gasteiger partial charge in [-0.25, -0.2) is 15.2 Å². The fourth-order valence-electron chi connectivity index (χ4n) is 1.79. The van der Waals surface area contributed by atoms with Crippen molar-refractivity contribution < 1.29 is 13.9 Å². The summed E-state index contributed by atoms with van der Waals surface area (Å²) in [5.41, 5.74) is 1.94. The lowest BCUT2D eigenvalue weighted by molar-refractivity contribution is 0.00326. The molecule has 0 radical (unpaired) electrons. The molecule has 1 aromatic heterocycles. The first-order valence-corrected chi connectivity index (χ1v) is 5.59. The monoisotopic (exact) mass is 265 g/mol. The van der Waals surface area contributed by atoms with E-state index in [0.717, 1.165) is 0 Å². The van der Waals surface area contributed by atoms with Crippen molar-refractivity contribution in [1.82, 2.24) is 9.88 Å². The van der Waals surface area contributed by atoms with Crippen molar-refractivity contribution in [2.45, 2.75) is 6.10 Å². The summed E-state index contributed by atoms with van der Waals surface area (Å²) in [6, 6.07) is 3.20. The number of nitrogen functional groups attached to an aromatic ring is 1. The van der Waals surface area contributed by atoms with Crippen molar-refractivity contribution in [1.29, 1.82) is 5.26 Å². The molecule has 1 aliphatic heterocycles. The first-order valence-electron chi connectivity index (χ1n) is 5.59. The number of pyridine rings is 1. The highest BCUT2D eigenvalue weighted by atomic mass is 19.1. The Kier molecular flexibility index (Phi) is 3.89. The van der Waals surface area contributed by atoms with E-state index in [1.54, 1.807) is 0 Å². The maximum atomic E-state index is 13.9. The van der Waals surface area contributed by atoms with E-state index in [4.69, 9.17) is 15.8 Å². The van der Waals surface area contributed by atoms with Gasteiger partial charge in [0.15, 0.2) is 17.7 Å². The zero-order valence-corrected chi connectivity index (χ0v) is 9.97. The number of hydrogen-bond donors (Lipinski definition) is 2. The molecular weight excluding hydrogens is 253 g/mol. The molecule has 0 saturated carbocycles. The van der Waals surface area contributed by atoms with Gasteiger partial charge >= 0.3 is 0 Å². The summed E-state index contributed by atoms with van der Waals surface area (Å²) in [7, 11) is 0. The van der Waals surface area contributed by atoms with Crippen LogP contribution in [0, 0.1) is 17.1 Å². The second kappa shape index (κ2) is 5.60. The quantitative estimate of drug-likeness (QED) is 0.570. The molecule has 1 aliphatic rings. The Bertz CT molecular complexity index is 530. The Morgan fingerprint density at radius 1 is 1.74 bits per heavy atom. The van der Waals surface area contributed by atoms with Gasteiger partial charge in [0.05, 0.1) is 24.8 Å². The number of nitrogens with two attached hydrogens (primary N) is 1. The van der Waals surface area contributed by atoms with Crippen molar-refractivity contribution in [2.75, 3.05) is 25.1 Å². The molecule has 1 atom stereocenters. The predicted octanol–water partition coefficient (Wildman–Crippen LogP) is -0.129. The van der Waals surface area contributed by atoms with Crippen LogP contribution in [0.5, 0.6) is 0 Å². The lowest BCUT2D eigenvalue weighted by Gasteiger charge is -2.29. The molecule has 100 valence electrons. The van der Waals surface area contributed by atoms with Gasteiger partial charge in [0.25, 0.3) is 5.91 Å². The third kappa shape index (κ3) is 2.62. The number of nitrogens with one attached hydrogen (secondary N) is 1. The SMILES string of the molecule is N#CC1CN(C(=O)c2ccnc(NN)c2F)CCO1. The minimum absolute atomic E-state index is 0.114. The van der Waals surface area contributed by atoms with Crippen LogP contribution >= 0.6 is 0 Å². The highest BCUT2D eigenvalue weighted by Crippen LogP contribution is 2.17. The van der Waals surface area contributed by atoms with Crippen LogP contribution in [-0.4, -0.2) is 41.6 Å². The van der Waals surface area contributed by atoms with Gasteiger partial charge in [-0.3, -0.25) is 4.79 Å². The Morgan fingerprint density at radius 3 is 3.21 bits per heavy atom. The van der Waals surface area contributed by atoms with E-state index in [2.05, 4.69) is 10.4 Å². The van der Waals surface area contributed by atoms with E-state index >= 15 is 0 Å². The van der Waals surface area contributed by atoms with Crippen LogP contribution in [0.15, 0.2) is 12.3 Å². The molecule has 2 rings (SSSR count). The highest BCUT2D eigenvalue weighted by Gasteiger charge is 2.27. The first-order chi connectivity index (χ1) is 9.17. The summed E-state index contributed by atoms with van der Waals surface area (Å²) in [5, 5.41) is 8.77. The molecule has 0 bridgehead atoms. The van der Waals surface area contributed by atoms with Crippen molar-refractivity contribution >= 4 is 11.7 Å². The van der Waals surface area contributed by atoms with E-state index in [1.807, 2.05) is 6.07 Å². The van der Waals surface area contributed by atoms with Gasteiger partial charge in [-0.1, -0.05) is 0 Å². The lowest BCUT2D eigenvalue weighted by atomic mass is 10.2. The number of amides is 1. The van der Waals surface area contributed by atoms with Gasteiger partial charge < -0.3 is 15.1 Å². The number of nitriles is 1. The molecule has 1 amide bonds. The molecule has 0 aliphatic carbocycles. The molecule has 8 heteroatoms. The Hall–Kier alpha value is -2.24. The van der Waals surface area contributed by atoms with E-state index in [0.29, 0.717) is 6.54 Å². The van der Waals surface area contributed by atoms with Crippen LogP contribution < -0.4 is 11.3 Å². The maximum absolute atomic E-state index is 13.9. The van der Waals surface area contributed by atoms with Crippen molar-refractivity contribution in [3.63, 3.8) is 0 Å². The number of rotatable bonds is 2. The number of carbonyl (C=O) groups is 1. The number of halogens is 1. The molecule has 1 saturated heterocycles. The van der Waals surface area contributed by atoms with Crippen molar-refractivity contribution in [3.05, 3.63) is 23.6 Å². The molecule has 3 N–H and O–H groups in total. The average molecular weight is 265 g/mol. The van der Waals surface area contributed by atoms with Crippen LogP contribution in [0.25, 0.3) is 0 Å². The summed E-state index contributed by atoms with van der Waals surface area (Å²) in [6.07, 6.45) is 0.600. The van der Waals surface area contributed by atoms with Gasteiger partial charge in [-0.15, -0.1) is 0 Å². The number of aromatic nitrogens is 1. The number of anilines is 1. The third-order valence-electron chi connectivity index (χ3n) is 2.75. The summed E-state index contributed by atoms with van der Waals surface area (Å²) in [4.78, 5) is 17.2. The van der Waals surface area contributed by atoms with Gasteiger partial charge in [-0.05, 0) is 6.07 Å². The zero-order chi connectivity index (χ0) is 13.8. The largest absolute Gasteiger partial charge is 0.360 e. The standard InChI is InChI=1S/C11H12FN5O2/c12-9-8(1-2-15-10(9)16-14)11(18)17-3-4-19-7(5-13)6-17/h1-2,7H,3-4,6,14H2,(H,15,16). The van der Waals surface area contributed by atoms with E-state index in [-0.39, 0.29) is 24.5 Å². The van der Waals surface area contributed by atoms with Gasteiger partial charge in [0.2, 0.25) is 0 Å². The summed E-state index contributed by atoms with van der Waals surface area (Å²) >= 11 is 0. The zero-order valence-electron chi connectivity index (χ0n) is 9.97. The van der Waals surface area contributed by atoms with E-state index in [9.17, 15) is 9.18 Å². The molecule has 1 aromatic rings. The third-order valence-corrected chi connectivity index (χ3v) is 2.75. The number of carbonyl (C=O) groups excluding carboxylic acids is 1.